The number of nitrogens with two attached hydrogens (primary N) is 1. The first-order chi connectivity index (χ1) is 9.47. The molecule has 0 radical (unpaired) electrons. The van der Waals surface area contributed by atoms with Gasteiger partial charge in [0, 0.05) is 23.2 Å². The molecule has 2 aromatic carbocycles. The molecule has 1 atom stereocenters. The molecule has 2 rings (SSSR count). The van der Waals surface area contributed by atoms with E-state index in [-0.39, 0.29) is 12.6 Å². The fourth-order valence-electron chi connectivity index (χ4n) is 1.94. The molecule has 0 saturated carbocycles. The number of halogens is 2. The van der Waals surface area contributed by atoms with Gasteiger partial charge >= 0.3 is 0 Å². The van der Waals surface area contributed by atoms with Crippen LogP contribution >= 0.6 is 0 Å². The van der Waals surface area contributed by atoms with Gasteiger partial charge in [-0.05, 0) is 37.6 Å². The maximum absolute atomic E-state index is 13.5. The molecule has 0 aliphatic heterocycles. The smallest absolute Gasteiger partial charge is 0.132 e. The Labute approximate surface area is 117 Å². The fourth-order valence-corrected chi connectivity index (χ4v) is 1.94. The lowest BCUT2D eigenvalue weighted by Gasteiger charge is -2.15. The molecule has 0 amide bonds. The molecule has 0 aliphatic rings. The minimum Gasteiger partial charge on any atom is -0.488 e. The Bertz CT molecular complexity index is 611. The van der Waals surface area contributed by atoms with Crippen LogP contribution in [0.4, 0.5) is 8.78 Å². The quantitative estimate of drug-likeness (QED) is 0.920. The Balaban J connectivity index is 2.20. The lowest BCUT2D eigenvalue weighted by molar-refractivity contribution is 0.295. The van der Waals surface area contributed by atoms with Crippen molar-refractivity contribution in [3.05, 3.63) is 64.7 Å². The highest BCUT2D eigenvalue weighted by Crippen LogP contribution is 2.26. The molecule has 1 unspecified atom stereocenters. The molecule has 2 aromatic rings. The lowest BCUT2D eigenvalue weighted by atomic mass is 10.1. The summed E-state index contributed by atoms with van der Waals surface area (Å²) >= 11 is 0. The van der Waals surface area contributed by atoms with Crippen molar-refractivity contribution in [2.75, 3.05) is 0 Å². The Hall–Kier alpha value is -1.94. The van der Waals surface area contributed by atoms with Gasteiger partial charge < -0.3 is 10.5 Å². The highest BCUT2D eigenvalue weighted by atomic mass is 19.1. The summed E-state index contributed by atoms with van der Waals surface area (Å²) in [5.41, 5.74) is 8.08. The van der Waals surface area contributed by atoms with Crippen molar-refractivity contribution in [1.82, 2.24) is 0 Å². The number of benzene rings is 2. The van der Waals surface area contributed by atoms with E-state index in [2.05, 4.69) is 0 Å². The van der Waals surface area contributed by atoms with E-state index in [4.69, 9.17) is 10.5 Å². The van der Waals surface area contributed by atoms with Crippen LogP contribution < -0.4 is 10.5 Å². The summed E-state index contributed by atoms with van der Waals surface area (Å²) in [6.07, 6.45) is 0. The number of hydrogen-bond acceptors (Lipinski definition) is 2. The second-order valence-electron chi connectivity index (χ2n) is 4.85. The number of hydrogen-bond donors (Lipinski definition) is 1. The molecule has 0 aliphatic carbocycles. The van der Waals surface area contributed by atoms with Gasteiger partial charge in [-0.2, -0.15) is 0 Å². The largest absolute Gasteiger partial charge is 0.488 e. The average Bonchev–Trinajstić information content (AvgIpc) is 2.37. The van der Waals surface area contributed by atoms with E-state index in [1.165, 1.54) is 12.1 Å². The zero-order valence-corrected chi connectivity index (χ0v) is 11.5. The summed E-state index contributed by atoms with van der Waals surface area (Å²) in [5.74, 6) is -0.582. The predicted octanol–water partition coefficient (Wildman–Crippen LogP) is 3.87. The van der Waals surface area contributed by atoms with Gasteiger partial charge in [0.2, 0.25) is 0 Å². The summed E-state index contributed by atoms with van der Waals surface area (Å²) in [4.78, 5) is 0. The molecule has 0 heterocycles. The fraction of sp³-hybridized carbons (Fsp3) is 0.250. The predicted molar refractivity (Wildman–Crippen MR) is 74.5 cm³/mol. The van der Waals surface area contributed by atoms with Gasteiger partial charge in [-0.15, -0.1) is 0 Å². The minimum absolute atomic E-state index is 0.0370. The van der Waals surface area contributed by atoms with E-state index in [0.29, 0.717) is 11.3 Å². The van der Waals surface area contributed by atoms with Crippen molar-refractivity contribution >= 4 is 0 Å². The van der Waals surface area contributed by atoms with Crippen LogP contribution in [0.1, 0.15) is 29.7 Å². The zero-order chi connectivity index (χ0) is 14.7. The van der Waals surface area contributed by atoms with Crippen LogP contribution in [0.3, 0.4) is 0 Å². The van der Waals surface area contributed by atoms with Crippen molar-refractivity contribution in [2.45, 2.75) is 26.5 Å². The monoisotopic (exact) mass is 277 g/mol. The van der Waals surface area contributed by atoms with Crippen LogP contribution in [-0.4, -0.2) is 0 Å². The van der Waals surface area contributed by atoms with Crippen molar-refractivity contribution in [3.8, 4) is 5.75 Å². The van der Waals surface area contributed by atoms with Crippen LogP contribution in [0.2, 0.25) is 0 Å². The van der Waals surface area contributed by atoms with E-state index < -0.39 is 11.6 Å². The van der Waals surface area contributed by atoms with E-state index in [1.807, 2.05) is 32.0 Å². The molecule has 0 saturated heterocycles. The van der Waals surface area contributed by atoms with Crippen LogP contribution in [0.15, 0.2) is 36.4 Å². The van der Waals surface area contributed by atoms with Gasteiger partial charge in [0.1, 0.15) is 24.0 Å². The van der Waals surface area contributed by atoms with Crippen LogP contribution in [0, 0.1) is 18.6 Å². The SMILES string of the molecule is Cc1ccc(C(C)N)c(OCc2ccc(F)cc2F)c1. The molecular weight excluding hydrogens is 260 g/mol. The second kappa shape index (κ2) is 6.01. The van der Waals surface area contributed by atoms with Crippen molar-refractivity contribution in [3.63, 3.8) is 0 Å². The molecular formula is C16H17F2NO. The van der Waals surface area contributed by atoms with Crippen molar-refractivity contribution in [1.29, 1.82) is 0 Å². The standard InChI is InChI=1S/C16H17F2NO/c1-10-3-6-14(11(2)19)16(7-10)20-9-12-4-5-13(17)8-15(12)18/h3-8,11H,9,19H2,1-2H3. The highest BCUT2D eigenvalue weighted by molar-refractivity contribution is 5.39. The molecule has 2 N–H and O–H groups in total. The zero-order valence-electron chi connectivity index (χ0n) is 11.5. The normalized spacial score (nSPS) is 12.2. The summed E-state index contributed by atoms with van der Waals surface area (Å²) in [6.45, 7) is 3.83. The average molecular weight is 277 g/mol. The summed E-state index contributed by atoms with van der Waals surface area (Å²) in [6, 6.07) is 8.97. The number of rotatable bonds is 4. The Kier molecular flexibility index (Phi) is 4.35. The first kappa shape index (κ1) is 14.5. The van der Waals surface area contributed by atoms with Gasteiger partial charge in [-0.3, -0.25) is 0 Å². The first-order valence-electron chi connectivity index (χ1n) is 6.40. The van der Waals surface area contributed by atoms with Gasteiger partial charge in [0.25, 0.3) is 0 Å². The van der Waals surface area contributed by atoms with E-state index in [9.17, 15) is 8.78 Å². The Morgan fingerprint density at radius 2 is 1.90 bits per heavy atom. The minimum atomic E-state index is -0.611. The van der Waals surface area contributed by atoms with Gasteiger partial charge in [-0.25, -0.2) is 8.78 Å². The molecule has 0 bridgehead atoms. The summed E-state index contributed by atoms with van der Waals surface area (Å²) in [7, 11) is 0. The molecule has 0 fully saturated rings. The van der Waals surface area contributed by atoms with E-state index in [1.54, 1.807) is 0 Å². The third-order valence-corrected chi connectivity index (χ3v) is 3.06. The molecule has 20 heavy (non-hydrogen) atoms. The van der Waals surface area contributed by atoms with E-state index in [0.717, 1.165) is 17.2 Å². The third-order valence-electron chi connectivity index (χ3n) is 3.06. The van der Waals surface area contributed by atoms with Crippen LogP contribution in [0.5, 0.6) is 5.75 Å². The summed E-state index contributed by atoms with van der Waals surface area (Å²) < 4.78 is 32.0. The van der Waals surface area contributed by atoms with Gasteiger partial charge in [0.15, 0.2) is 0 Å². The molecule has 0 aromatic heterocycles. The number of ether oxygens (including phenoxy) is 1. The van der Waals surface area contributed by atoms with Crippen molar-refractivity contribution < 1.29 is 13.5 Å². The van der Waals surface area contributed by atoms with Crippen LogP contribution in [0.25, 0.3) is 0 Å². The topological polar surface area (TPSA) is 35.2 Å². The molecule has 0 spiro atoms. The number of aryl methyl sites for hydroxylation is 1. The van der Waals surface area contributed by atoms with Crippen LogP contribution in [-0.2, 0) is 6.61 Å². The maximum atomic E-state index is 13.5. The lowest BCUT2D eigenvalue weighted by Crippen LogP contribution is -2.08. The molecule has 4 heteroatoms. The van der Waals surface area contributed by atoms with Gasteiger partial charge in [-0.1, -0.05) is 12.1 Å². The van der Waals surface area contributed by atoms with Crippen molar-refractivity contribution in [2.24, 2.45) is 5.73 Å². The Morgan fingerprint density at radius 3 is 2.55 bits per heavy atom. The summed E-state index contributed by atoms with van der Waals surface area (Å²) in [5, 5.41) is 0. The maximum Gasteiger partial charge on any atom is 0.132 e. The van der Waals surface area contributed by atoms with E-state index >= 15 is 0 Å². The molecule has 2 nitrogen and oxygen atoms in total. The highest BCUT2D eigenvalue weighted by Gasteiger charge is 2.10. The Morgan fingerprint density at radius 1 is 1.15 bits per heavy atom. The van der Waals surface area contributed by atoms with Gasteiger partial charge in [0.05, 0.1) is 0 Å². The molecule has 106 valence electrons. The first-order valence-corrected chi connectivity index (χ1v) is 6.40. The third kappa shape index (κ3) is 3.33. The second-order valence-corrected chi connectivity index (χ2v) is 4.85.